The van der Waals surface area contributed by atoms with E-state index >= 15 is 0 Å². The number of aliphatic carboxylic acids is 1. The van der Waals surface area contributed by atoms with Gasteiger partial charge in [-0.3, -0.25) is 14.5 Å². The molecule has 1 heterocycles. The highest BCUT2D eigenvalue weighted by Crippen LogP contribution is 2.02. The Kier molecular flexibility index (Phi) is 4.25. The van der Waals surface area contributed by atoms with E-state index in [4.69, 9.17) is 5.11 Å². The molecule has 1 rings (SSSR count). The van der Waals surface area contributed by atoms with Crippen molar-refractivity contribution < 1.29 is 23.1 Å². The van der Waals surface area contributed by atoms with Crippen molar-refractivity contribution in [1.29, 1.82) is 0 Å². The monoisotopic (exact) mass is 250 g/mol. The molecule has 0 aromatic carbocycles. The Labute approximate surface area is 93.3 Å². The molecule has 7 nitrogen and oxygen atoms in total. The third-order valence-electron chi connectivity index (χ3n) is 2.24. The van der Waals surface area contributed by atoms with Gasteiger partial charge in [0.25, 0.3) is 0 Å². The van der Waals surface area contributed by atoms with E-state index in [0.717, 1.165) is 0 Å². The number of carbonyl (C=O) groups is 2. The lowest BCUT2D eigenvalue weighted by Gasteiger charge is -2.25. The highest BCUT2D eigenvalue weighted by molar-refractivity contribution is 7.91. The molecule has 8 heteroatoms. The van der Waals surface area contributed by atoms with Gasteiger partial charge in [-0.15, -0.1) is 0 Å². The Hall–Kier alpha value is -1.15. The van der Waals surface area contributed by atoms with Crippen molar-refractivity contribution in [2.45, 2.75) is 0 Å². The van der Waals surface area contributed by atoms with Gasteiger partial charge >= 0.3 is 5.97 Å². The van der Waals surface area contributed by atoms with Gasteiger partial charge in [0.1, 0.15) is 6.54 Å². The standard InChI is InChI=1S/C8H14N2O5S/c11-7(9-5-8(12)13)6-10-1-3-16(14,15)4-2-10/h1-6H2,(H,9,11)(H,12,13). The van der Waals surface area contributed by atoms with E-state index in [1.807, 2.05) is 0 Å². The van der Waals surface area contributed by atoms with E-state index in [-0.39, 0.29) is 18.1 Å². The Bertz CT molecular complexity index is 364. The molecule has 0 unspecified atom stereocenters. The van der Waals surface area contributed by atoms with E-state index in [1.54, 1.807) is 4.90 Å². The summed E-state index contributed by atoms with van der Waals surface area (Å²) in [6.07, 6.45) is 0. The first kappa shape index (κ1) is 12.9. The molecule has 0 atom stereocenters. The fourth-order valence-electron chi connectivity index (χ4n) is 1.34. The molecular formula is C8H14N2O5S. The van der Waals surface area contributed by atoms with Crippen LogP contribution in [0.3, 0.4) is 0 Å². The minimum absolute atomic E-state index is 0.0444. The molecular weight excluding hydrogens is 236 g/mol. The van der Waals surface area contributed by atoms with Gasteiger partial charge < -0.3 is 10.4 Å². The maximum atomic E-state index is 11.2. The number of nitrogens with one attached hydrogen (secondary N) is 1. The summed E-state index contributed by atoms with van der Waals surface area (Å²) in [5, 5.41) is 10.5. The number of carboxylic acids is 1. The number of rotatable bonds is 4. The van der Waals surface area contributed by atoms with Crippen LogP contribution in [0.15, 0.2) is 0 Å². The molecule has 1 aliphatic rings. The van der Waals surface area contributed by atoms with E-state index < -0.39 is 28.3 Å². The Morgan fingerprint density at radius 2 is 1.81 bits per heavy atom. The highest BCUT2D eigenvalue weighted by atomic mass is 32.2. The summed E-state index contributed by atoms with van der Waals surface area (Å²) >= 11 is 0. The molecule has 0 radical (unpaired) electrons. The Morgan fingerprint density at radius 1 is 1.25 bits per heavy atom. The van der Waals surface area contributed by atoms with E-state index in [1.165, 1.54) is 0 Å². The van der Waals surface area contributed by atoms with Crippen LogP contribution in [-0.2, 0) is 19.4 Å². The number of carbonyl (C=O) groups excluding carboxylic acids is 1. The molecule has 0 bridgehead atoms. The maximum Gasteiger partial charge on any atom is 0.322 e. The second-order valence-corrected chi connectivity index (χ2v) is 5.90. The smallest absolute Gasteiger partial charge is 0.322 e. The lowest BCUT2D eigenvalue weighted by atomic mass is 10.4. The summed E-state index contributed by atoms with van der Waals surface area (Å²) in [5.41, 5.74) is 0. The normalized spacial score (nSPS) is 20.2. The number of nitrogens with zero attached hydrogens (tertiary/aromatic N) is 1. The highest BCUT2D eigenvalue weighted by Gasteiger charge is 2.22. The summed E-state index contributed by atoms with van der Waals surface area (Å²) in [5.74, 6) is -1.39. The molecule has 2 N–H and O–H groups in total. The zero-order valence-corrected chi connectivity index (χ0v) is 9.49. The average Bonchev–Trinajstić information content (AvgIpc) is 2.18. The van der Waals surface area contributed by atoms with Gasteiger partial charge in [-0.25, -0.2) is 8.42 Å². The van der Waals surface area contributed by atoms with Crippen molar-refractivity contribution in [3.05, 3.63) is 0 Å². The first-order valence-electron chi connectivity index (χ1n) is 4.80. The SMILES string of the molecule is O=C(O)CNC(=O)CN1CCS(=O)(=O)CC1. The van der Waals surface area contributed by atoms with Crippen LogP contribution in [0.25, 0.3) is 0 Å². The summed E-state index contributed by atoms with van der Waals surface area (Å²) < 4.78 is 22.2. The summed E-state index contributed by atoms with van der Waals surface area (Å²) in [4.78, 5) is 23.1. The van der Waals surface area contributed by atoms with E-state index in [9.17, 15) is 18.0 Å². The van der Waals surface area contributed by atoms with Crippen LogP contribution in [-0.4, -0.2) is 68.0 Å². The molecule has 1 fully saturated rings. The fourth-order valence-corrected chi connectivity index (χ4v) is 2.62. The van der Waals surface area contributed by atoms with Gasteiger partial charge in [0.05, 0.1) is 18.1 Å². The van der Waals surface area contributed by atoms with Crippen LogP contribution in [0.5, 0.6) is 0 Å². The predicted octanol–water partition coefficient (Wildman–Crippen LogP) is -2.08. The first-order valence-corrected chi connectivity index (χ1v) is 6.62. The van der Waals surface area contributed by atoms with Crippen molar-refractivity contribution in [3.8, 4) is 0 Å². The largest absolute Gasteiger partial charge is 0.480 e. The molecule has 0 aromatic heterocycles. The summed E-state index contributed by atoms with van der Waals surface area (Å²) in [7, 11) is -2.94. The quantitative estimate of drug-likeness (QED) is 0.593. The first-order chi connectivity index (χ1) is 7.39. The summed E-state index contributed by atoms with van der Waals surface area (Å²) in [6.45, 7) is 0.277. The molecule has 1 aliphatic heterocycles. The van der Waals surface area contributed by atoms with Gasteiger partial charge in [0.2, 0.25) is 5.91 Å². The molecule has 0 aliphatic carbocycles. The Morgan fingerprint density at radius 3 is 2.31 bits per heavy atom. The zero-order valence-electron chi connectivity index (χ0n) is 8.68. The third kappa shape index (κ3) is 4.58. The van der Waals surface area contributed by atoms with Gasteiger partial charge in [-0.05, 0) is 0 Å². The molecule has 0 spiro atoms. The average molecular weight is 250 g/mol. The van der Waals surface area contributed by atoms with Crippen molar-refractivity contribution in [2.24, 2.45) is 0 Å². The number of amides is 1. The van der Waals surface area contributed by atoms with Crippen LogP contribution in [0.2, 0.25) is 0 Å². The molecule has 92 valence electrons. The number of sulfone groups is 1. The van der Waals surface area contributed by atoms with Gasteiger partial charge in [-0.2, -0.15) is 0 Å². The van der Waals surface area contributed by atoms with Gasteiger partial charge in [0, 0.05) is 13.1 Å². The minimum Gasteiger partial charge on any atom is -0.480 e. The van der Waals surface area contributed by atoms with Gasteiger partial charge in [-0.1, -0.05) is 0 Å². The third-order valence-corrected chi connectivity index (χ3v) is 3.85. The second kappa shape index (κ2) is 5.26. The zero-order chi connectivity index (χ0) is 12.2. The van der Waals surface area contributed by atoms with Crippen molar-refractivity contribution in [1.82, 2.24) is 10.2 Å². The minimum atomic E-state index is -2.94. The molecule has 16 heavy (non-hydrogen) atoms. The number of carboxylic acid groups (broad SMARTS) is 1. The van der Waals surface area contributed by atoms with Crippen molar-refractivity contribution >= 4 is 21.7 Å². The number of hydrogen-bond donors (Lipinski definition) is 2. The van der Waals surface area contributed by atoms with Crippen molar-refractivity contribution in [3.63, 3.8) is 0 Å². The van der Waals surface area contributed by atoms with Gasteiger partial charge in [0.15, 0.2) is 9.84 Å². The predicted molar refractivity (Wildman–Crippen MR) is 55.7 cm³/mol. The fraction of sp³-hybridized carbons (Fsp3) is 0.750. The van der Waals surface area contributed by atoms with Crippen LogP contribution in [0.4, 0.5) is 0 Å². The molecule has 1 saturated heterocycles. The van der Waals surface area contributed by atoms with Crippen LogP contribution in [0.1, 0.15) is 0 Å². The van der Waals surface area contributed by atoms with Crippen LogP contribution < -0.4 is 5.32 Å². The lowest BCUT2D eigenvalue weighted by Crippen LogP contribution is -2.46. The van der Waals surface area contributed by atoms with E-state index in [2.05, 4.69) is 5.32 Å². The molecule has 0 saturated carbocycles. The maximum absolute atomic E-state index is 11.2. The van der Waals surface area contributed by atoms with Crippen molar-refractivity contribution in [2.75, 3.05) is 37.7 Å². The van der Waals surface area contributed by atoms with Crippen LogP contribution >= 0.6 is 0 Å². The van der Waals surface area contributed by atoms with Crippen LogP contribution in [0, 0.1) is 0 Å². The second-order valence-electron chi connectivity index (χ2n) is 3.60. The summed E-state index contributed by atoms with van der Waals surface area (Å²) in [6, 6.07) is 0. The number of hydrogen-bond acceptors (Lipinski definition) is 5. The Balaban J connectivity index is 2.28. The lowest BCUT2D eigenvalue weighted by molar-refractivity contribution is -0.138. The molecule has 0 aromatic rings. The molecule has 1 amide bonds. The topological polar surface area (TPSA) is 104 Å². The van der Waals surface area contributed by atoms with E-state index in [0.29, 0.717) is 13.1 Å².